The summed E-state index contributed by atoms with van der Waals surface area (Å²) in [5.41, 5.74) is 2.15. The average Bonchev–Trinajstić information content (AvgIpc) is 3.16. The number of piperidine rings is 1. The van der Waals surface area contributed by atoms with Gasteiger partial charge in [-0.15, -0.1) is 0 Å². The molecule has 0 unspecified atom stereocenters. The number of imidazole rings is 1. The second-order valence-corrected chi connectivity index (χ2v) is 10.1. The van der Waals surface area contributed by atoms with Crippen molar-refractivity contribution in [3.63, 3.8) is 0 Å². The molecule has 1 aromatic heterocycles. The van der Waals surface area contributed by atoms with Gasteiger partial charge in [0.15, 0.2) is 0 Å². The monoisotopic (exact) mass is 435 g/mol. The highest BCUT2D eigenvalue weighted by Crippen LogP contribution is 2.25. The summed E-state index contributed by atoms with van der Waals surface area (Å²) in [5.74, 6) is 0.329. The number of hydrogen-bond acceptors (Lipinski definition) is 6. The summed E-state index contributed by atoms with van der Waals surface area (Å²) < 4.78 is 32.0. The molecule has 1 aliphatic heterocycles. The Morgan fingerprint density at radius 1 is 1.23 bits per heavy atom. The zero-order valence-corrected chi connectivity index (χ0v) is 18.8. The molecule has 0 radical (unpaired) electrons. The maximum absolute atomic E-state index is 12.5. The molecule has 1 atom stereocenters. The fourth-order valence-electron chi connectivity index (χ4n) is 4.12. The molecule has 1 fully saturated rings. The highest BCUT2D eigenvalue weighted by atomic mass is 32.2. The Morgan fingerprint density at radius 3 is 2.70 bits per heavy atom. The number of aromatic hydroxyl groups is 1. The smallest absolute Gasteiger partial charge is 0.227 e. The van der Waals surface area contributed by atoms with E-state index >= 15 is 0 Å². The molecule has 8 heteroatoms. The lowest BCUT2D eigenvalue weighted by Crippen LogP contribution is -2.39. The number of nitrogens with zero attached hydrogens (tertiary/aromatic N) is 3. The van der Waals surface area contributed by atoms with E-state index in [1.807, 2.05) is 16.7 Å². The summed E-state index contributed by atoms with van der Waals surface area (Å²) in [6.45, 7) is 4.27. The Balaban J connectivity index is 1.74. The molecule has 0 aliphatic carbocycles. The van der Waals surface area contributed by atoms with Crippen LogP contribution in [0.5, 0.6) is 5.75 Å². The molecule has 2 heterocycles. The minimum Gasteiger partial charge on any atom is -0.508 e. The fraction of sp³-hybridized carbons (Fsp3) is 0.591. The lowest BCUT2D eigenvalue weighted by Gasteiger charge is -2.36. The lowest BCUT2D eigenvalue weighted by atomic mass is 9.95. The van der Waals surface area contributed by atoms with Gasteiger partial charge in [0.05, 0.1) is 24.3 Å². The van der Waals surface area contributed by atoms with Crippen LogP contribution >= 0.6 is 0 Å². The van der Waals surface area contributed by atoms with Gasteiger partial charge in [0, 0.05) is 26.2 Å². The van der Waals surface area contributed by atoms with Crippen LogP contribution < -0.4 is 0 Å². The highest BCUT2D eigenvalue weighted by Gasteiger charge is 2.26. The van der Waals surface area contributed by atoms with Crippen LogP contribution in [0.2, 0.25) is 0 Å². The molecule has 1 aromatic carbocycles. The second kappa shape index (κ2) is 10.4. The normalized spacial score (nSPS) is 18.0. The van der Waals surface area contributed by atoms with Crippen molar-refractivity contribution in [1.82, 2.24) is 14.5 Å². The third kappa shape index (κ3) is 5.62. The molecule has 0 spiro atoms. The number of phenols is 1. The Labute approximate surface area is 179 Å². The summed E-state index contributed by atoms with van der Waals surface area (Å²) >= 11 is 0. The molecule has 166 valence electrons. The van der Waals surface area contributed by atoms with E-state index in [0.717, 1.165) is 37.9 Å². The summed E-state index contributed by atoms with van der Waals surface area (Å²) in [7, 11) is -1.77. The number of rotatable bonds is 10. The van der Waals surface area contributed by atoms with Gasteiger partial charge in [-0.1, -0.05) is 25.5 Å². The second-order valence-electron chi connectivity index (χ2n) is 7.91. The van der Waals surface area contributed by atoms with Crippen molar-refractivity contribution in [1.29, 1.82) is 0 Å². The fourth-order valence-corrected chi connectivity index (χ4v) is 5.13. The van der Waals surface area contributed by atoms with E-state index in [-0.39, 0.29) is 10.9 Å². The minimum atomic E-state index is -3.39. The molecule has 1 saturated heterocycles. The van der Waals surface area contributed by atoms with E-state index in [9.17, 15) is 13.5 Å². The van der Waals surface area contributed by atoms with Crippen LogP contribution in [0.1, 0.15) is 43.9 Å². The molecule has 1 aliphatic rings. The van der Waals surface area contributed by atoms with Crippen LogP contribution in [-0.4, -0.2) is 60.0 Å². The molecule has 0 amide bonds. The van der Waals surface area contributed by atoms with Gasteiger partial charge in [0.2, 0.25) is 15.0 Å². The Bertz CT molecular complexity index is 909. The zero-order valence-electron chi connectivity index (χ0n) is 18.0. The molecule has 0 saturated carbocycles. The summed E-state index contributed by atoms with van der Waals surface area (Å²) in [4.78, 5) is 6.74. The van der Waals surface area contributed by atoms with Gasteiger partial charge in [0.1, 0.15) is 5.75 Å². The molecule has 7 nitrogen and oxygen atoms in total. The van der Waals surface area contributed by atoms with E-state index in [2.05, 4.69) is 9.88 Å². The van der Waals surface area contributed by atoms with Crippen LogP contribution in [-0.2, 0) is 34.1 Å². The maximum Gasteiger partial charge on any atom is 0.227 e. The number of aryl methyl sites for hydroxylation is 1. The predicted molar refractivity (Wildman–Crippen MR) is 116 cm³/mol. The van der Waals surface area contributed by atoms with Crippen molar-refractivity contribution >= 4 is 9.84 Å². The molecule has 0 bridgehead atoms. The SMILES string of the molecule is CCS(=O)(=O)c1ncc(CN2CCCC[C@H]2CCc2ccc(O)cc2)n1CCOC. The van der Waals surface area contributed by atoms with E-state index in [1.165, 1.54) is 12.0 Å². The Kier molecular flexibility index (Phi) is 7.91. The molecule has 30 heavy (non-hydrogen) atoms. The number of likely N-dealkylation sites (tertiary alicyclic amines) is 1. The van der Waals surface area contributed by atoms with Crippen LogP contribution in [0.4, 0.5) is 0 Å². The lowest BCUT2D eigenvalue weighted by molar-refractivity contribution is 0.127. The third-order valence-corrected chi connectivity index (χ3v) is 7.54. The van der Waals surface area contributed by atoms with Crippen molar-refractivity contribution in [3.8, 4) is 5.75 Å². The number of ether oxygens (including phenoxy) is 1. The summed E-state index contributed by atoms with van der Waals surface area (Å²) in [5, 5.41) is 9.62. The number of aromatic nitrogens is 2. The zero-order chi connectivity index (χ0) is 21.6. The summed E-state index contributed by atoms with van der Waals surface area (Å²) in [6, 6.07) is 7.87. The first-order valence-corrected chi connectivity index (χ1v) is 12.4. The van der Waals surface area contributed by atoms with E-state index in [4.69, 9.17) is 4.74 Å². The first kappa shape index (κ1) is 22.8. The number of methoxy groups -OCH3 is 1. The molecule has 3 rings (SSSR count). The number of benzene rings is 1. The highest BCUT2D eigenvalue weighted by molar-refractivity contribution is 7.91. The van der Waals surface area contributed by atoms with Crippen molar-refractivity contribution < 1.29 is 18.3 Å². The molecule has 2 aromatic rings. The van der Waals surface area contributed by atoms with Gasteiger partial charge in [0.25, 0.3) is 0 Å². The number of sulfone groups is 1. The topological polar surface area (TPSA) is 84.7 Å². The van der Waals surface area contributed by atoms with Crippen LogP contribution in [0.3, 0.4) is 0 Å². The Hall–Kier alpha value is -1.90. The van der Waals surface area contributed by atoms with Crippen LogP contribution in [0, 0.1) is 0 Å². The van der Waals surface area contributed by atoms with E-state index in [0.29, 0.717) is 31.5 Å². The molecule has 1 N–H and O–H groups in total. The van der Waals surface area contributed by atoms with Crippen LogP contribution in [0.25, 0.3) is 0 Å². The van der Waals surface area contributed by atoms with Gasteiger partial charge < -0.3 is 14.4 Å². The minimum absolute atomic E-state index is 0.0371. The molecular formula is C22H33N3O4S. The van der Waals surface area contributed by atoms with Gasteiger partial charge in [-0.3, -0.25) is 4.90 Å². The summed E-state index contributed by atoms with van der Waals surface area (Å²) in [6.07, 6.45) is 7.22. The Morgan fingerprint density at radius 2 is 2.00 bits per heavy atom. The van der Waals surface area contributed by atoms with Crippen molar-refractivity contribution in [3.05, 3.63) is 41.7 Å². The van der Waals surface area contributed by atoms with Gasteiger partial charge in [-0.2, -0.15) is 0 Å². The first-order chi connectivity index (χ1) is 14.4. The average molecular weight is 436 g/mol. The van der Waals surface area contributed by atoms with Gasteiger partial charge >= 0.3 is 0 Å². The first-order valence-electron chi connectivity index (χ1n) is 10.7. The van der Waals surface area contributed by atoms with Gasteiger partial charge in [-0.25, -0.2) is 13.4 Å². The maximum atomic E-state index is 12.5. The van der Waals surface area contributed by atoms with Crippen molar-refractivity contribution in [2.24, 2.45) is 0 Å². The van der Waals surface area contributed by atoms with Gasteiger partial charge in [-0.05, 0) is 49.9 Å². The predicted octanol–water partition coefficient (Wildman–Crippen LogP) is 3.02. The largest absolute Gasteiger partial charge is 0.508 e. The quantitative estimate of drug-likeness (QED) is 0.618. The number of hydrogen-bond donors (Lipinski definition) is 1. The molecular weight excluding hydrogens is 402 g/mol. The van der Waals surface area contributed by atoms with Crippen LogP contribution in [0.15, 0.2) is 35.6 Å². The third-order valence-electron chi connectivity index (χ3n) is 5.90. The van der Waals surface area contributed by atoms with E-state index < -0.39 is 9.84 Å². The van der Waals surface area contributed by atoms with Crippen molar-refractivity contribution in [2.75, 3.05) is 26.0 Å². The van der Waals surface area contributed by atoms with E-state index in [1.54, 1.807) is 32.4 Å². The number of phenolic OH excluding ortho intramolecular Hbond substituents is 1. The van der Waals surface area contributed by atoms with Crippen molar-refractivity contribution in [2.45, 2.75) is 63.3 Å². The standard InChI is InChI=1S/C22H33N3O4S/c1-3-30(27,28)22-23-16-20(25(22)14-15-29-2)17-24-13-5-4-6-19(24)10-7-18-8-11-21(26)12-9-18/h8-9,11-12,16,19,26H,3-7,10,13-15,17H2,1-2H3/t19-/m0/s1.